The summed E-state index contributed by atoms with van der Waals surface area (Å²) in [7, 11) is 0. The molecular weight excluding hydrogens is 318 g/mol. The first kappa shape index (κ1) is 17.8. The predicted molar refractivity (Wildman–Crippen MR) is 95.8 cm³/mol. The Morgan fingerprint density at radius 1 is 1.36 bits per heavy atom. The summed E-state index contributed by atoms with van der Waals surface area (Å²) in [6.07, 6.45) is 2.03. The molecule has 1 saturated heterocycles. The van der Waals surface area contributed by atoms with Gasteiger partial charge in [0.15, 0.2) is 5.65 Å². The lowest BCUT2D eigenvalue weighted by Gasteiger charge is -2.38. The standard InChI is InChI=1S/C18H27N5O2/c1-11-6-12(2)23-17(21-11)16(8-20-23)18(24)19-7-13(3)22-9-14(4)25-15(5)10-22/h6,8,13-15H,7,9-10H2,1-5H3,(H,19,24)/t13-,14-,15+/m1/s1. The number of morpholine rings is 1. The molecule has 7 heteroatoms. The molecule has 0 spiro atoms. The van der Waals surface area contributed by atoms with Crippen LogP contribution < -0.4 is 5.32 Å². The summed E-state index contributed by atoms with van der Waals surface area (Å²) in [5.41, 5.74) is 2.97. The van der Waals surface area contributed by atoms with E-state index in [1.54, 1.807) is 10.7 Å². The minimum absolute atomic E-state index is 0.131. The molecule has 3 heterocycles. The van der Waals surface area contributed by atoms with Crippen molar-refractivity contribution < 1.29 is 9.53 Å². The third-order valence-corrected chi connectivity index (χ3v) is 4.65. The van der Waals surface area contributed by atoms with Crippen LogP contribution in [0.2, 0.25) is 0 Å². The predicted octanol–water partition coefficient (Wildman–Crippen LogP) is 1.57. The van der Waals surface area contributed by atoms with E-state index in [9.17, 15) is 4.79 Å². The molecule has 0 bridgehead atoms. The van der Waals surface area contributed by atoms with E-state index in [0.29, 0.717) is 17.8 Å². The van der Waals surface area contributed by atoms with Crippen molar-refractivity contribution in [3.8, 4) is 0 Å². The lowest BCUT2D eigenvalue weighted by molar-refractivity contribution is -0.0778. The molecule has 2 aromatic rings. The molecule has 1 aliphatic rings. The maximum absolute atomic E-state index is 12.6. The first-order valence-corrected chi connectivity index (χ1v) is 8.85. The number of hydrogen-bond donors (Lipinski definition) is 1. The van der Waals surface area contributed by atoms with E-state index in [0.717, 1.165) is 24.5 Å². The Kier molecular flexibility index (Phi) is 5.06. The fraction of sp³-hybridized carbons (Fsp3) is 0.611. The topological polar surface area (TPSA) is 71.8 Å². The van der Waals surface area contributed by atoms with Gasteiger partial charge in [-0.2, -0.15) is 5.10 Å². The molecule has 3 rings (SSSR count). The zero-order valence-electron chi connectivity index (χ0n) is 15.6. The first-order valence-electron chi connectivity index (χ1n) is 8.85. The Morgan fingerprint density at radius 3 is 2.72 bits per heavy atom. The molecule has 136 valence electrons. The lowest BCUT2D eigenvalue weighted by atomic mass is 10.1. The van der Waals surface area contributed by atoms with Crippen LogP contribution >= 0.6 is 0 Å². The lowest BCUT2D eigenvalue weighted by Crippen LogP contribution is -2.52. The average Bonchev–Trinajstić information content (AvgIpc) is 2.95. The Hall–Kier alpha value is -1.99. The third kappa shape index (κ3) is 3.82. The van der Waals surface area contributed by atoms with Gasteiger partial charge in [-0.25, -0.2) is 9.50 Å². The number of nitrogens with one attached hydrogen (secondary N) is 1. The highest BCUT2D eigenvalue weighted by molar-refractivity contribution is 5.99. The van der Waals surface area contributed by atoms with E-state index < -0.39 is 0 Å². The summed E-state index contributed by atoms with van der Waals surface area (Å²) >= 11 is 0. The van der Waals surface area contributed by atoms with Crippen molar-refractivity contribution in [1.29, 1.82) is 0 Å². The van der Waals surface area contributed by atoms with Crippen LogP contribution in [-0.4, -0.2) is 63.3 Å². The minimum atomic E-state index is -0.131. The van der Waals surface area contributed by atoms with E-state index in [-0.39, 0.29) is 24.2 Å². The van der Waals surface area contributed by atoms with Crippen molar-refractivity contribution in [2.24, 2.45) is 0 Å². The van der Waals surface area contributed by atoms with Gasteiger partial charge >= 0.3 is 0 Å². The molecule has 2 aromatic heterocycles. The van der Waals surface area contributed by atoms with Gasteiger partial charge in [0.2, 0.25) is 0 Å². The van der Waals surface area contributed by atoms with Crippen LogP contribution in [0.25, 0.3) is 5.65 Å². The van der Waals surface area contributed by atoms with Gasteiger partial charge in [-0.1, -0.05) is 0 Å². The fourth-order valence-corrected chi connectivity index (χ4v) is 3.47. The summed E-state index contributed by atoms with van der Waals surface area (Å²) < 4.78 is 7.48. The Bertz CT molecular complexity index is 762. The first-order chi connectivity index (χ1) is 11.8. The van der Waals surface area contributed by atoms with Gasteiger partial charge in [-0.15, -0.1) is 0 Å². The highest BCUT2D eigenvalue weighted by Gasteiger charge is 2.26. The van der Waals surface area contributed by atoms with Crippen LogP contribution in [0, 0.1) is 13.8 Å². The average molecular weight is 345 g/mol. The molecular formula is C18H27N5O2. The van der Waals surface area contributed by atoms with Gasteiger partial charge < -0.3 is 10.1 Å². The second kappa shape index (κ2) is 7.09. The zero-order chi connectivity index (χ0) is 18.1. The number of rotatable bonds is 4. The smallest absolute Gasteiger partial charge is 0.256 e. The van der Waals surface area contributed by atoms with Gasteiger partial charge in [-0.05, 0) is 40.7 Å². The second-order valence-corrected chi connectivity index (χ2v) is 7.10. The number of fused-ring (bicyclic) bond motifs is 1. The van der Waals surface area contributed by atoms with Crippen molar-refractivity contribution in [1.82, 2.24) is 24.8 Å². The Balaban J connectivity index is 1.67. The van der Waals surface area contributed by atoms with Gasteiger partial charge in [0.1, 0.15) is 5.56 Å². The van der Waals surface area contributed by atoms with Gasteiger partial charge in [0.25, 0.3) is 5.91 Å². The number of carbonyl (C=O) groups excluding carboxylic acids is 1. The summed E-state index contributed by atoms with van der Waals surface area (Å²) in [5, 5.41) is 7.31. The van der Waals surface area contributed by atoms with E-state index in [4.69, 9.17) is 4.74 Å². The number of hydrogen-bond acceptors (Lipinski definition) is 5. The molecule has 1 aliphatic heterocycles. The van der Waals surface area contributed by atoms with E-state index in [1.807, 2.05) is 19.9 Å². The highest BCUT2D eigenvalue weighted by Crippen LogP contribution is 2.14. The molecule has 0 saturated carbocycles. The third-order valence-electron chi connectivity index (χ3n) is 4.65. The molecule has 25 heavy (non-hydrogen) atoms. The molecule has 1 amide bonds. The zero-order valence-corrected chi connectivity index (χ0v) is 15.6. The van der Waals surface area contributed by atoms with E-state index in [1.165, 1.54) is 0 Å². The summed E-state index contributed by atoms with van der Waals surface area (Å²) in [4.78, 5) is 19.4. The molecule has 3 atom stereocenters. The van der Waals surface area contributed by atoms with Crippen molar-refractivity contribution >= 4 is 11.6 Å². The van der Waals surface area contributed by atoms with Crippen LogP contribution in [0.5, 0.6) is 0 Å². The summed E-state index contributed by atoms with van der Waals surface area (Å²) in [5.74, 6) is -0.131. The second-order valence-electron chi connectivity index (χ2n) is 7.10. The number of ether oxygens (including phenoxy) is 1. The Labute approximate surface area is 148 Å². The van der Waals surface area contributed by atoms with Crippen LogP contribution in [-0.2, 0) is 4.74 Å². The molecule has 1 fully saturated rings. The monoisotopic (exact) mass is 345 g/mol. The maximum atomic E-state index is 12.6. The number of nitrogens with zero attached hydrogens (tertiary/aromatic N) is 4. The number of aryl methyl sites for hydroxylation is 2. The van der Waals surface area contributed by atoms with Crippen LogP contribution in [0.15, 0.2) is 12.3 Å². The number of aromatic nitrogens is 3. The van der Waals surface area contributed by atoms with Crippen molar-refractivity contribution in [3.05, 3.63) is 29.2 Å². The van der Waals surface area contributed by atoms with Gasteiger partial charge in [-0.3, -0.25) is 9.69 Å². The van der Waals surface area contributed by atoms with Crippen molar-refractivity contribution in [2.75, 3.05) is 19.6 Å². The highest BCUT2D eigenvalue weighted by atomic mass is 16.5. The molecule has 0 aliphatic carbocycles. The minimum Gasteiger partial charge on any atom is -0.373 e. The summed E-state index contributed by atoms with van der Waals surface area (Å²) in [6.45, 7) is 12.5. The van der Waals surface area contributed by atoms with Crippen LogP contribution in [0.3, 0.4) is 0 Å². The van der Waals surface area contributed by atoms with Crippen molar-refractivity contribution in [3.63, 3.8) is 0 Å². The SMILES string of the molecule is Cc1cc(C)n2ncc(C(=O)NC[C@@H](C)N3C[C@@H](C)O[C@@H](C)C3)c2n1. The normalized spacial score (nSPS) is 22.9. The quantitative estimate of drug-likeness (QED) is 0.911. The molecule has 1 N–H and O–H groups in total. The van der Waals surface area contributed by atoms with Crippen LogP contribution in [0.1, 0.15) is 42.5 Å². The molecule has 0 aromatic carbocycles. The van der Waals surface area contributed by atoms with E-state index >= 15 is 0 Å². The molecule has 0 unspecified atom stereocenters. The summed E-state index contributed by atoms with van der Waals surface area (Å²) in [6, 6.07) is 2.20. The Morgan fingerprint density at radius 2 is 2.04 bits per heavy atom. The molecule has 0 radical (unpaired) electrons. The van der Waals surface area contributed by atoms with Gasteiger partial charge in [0.05, 0.1) is 18.4 Å². The maximum Gasteiger partial charge on any atom is 0.256 e. The van der Waals surface area contributed by atoms with E-state index in [2.05, 4.69) is 41.1 Å². The fourth-order valence-electron chi connectivity index (χ4n) is 3.47. The van der Waals surface area contributed by atoms with Crippen LogP contribution in [0.4, 0.5) is 0 Å². The number of amides is 1. The molecule has 7 nitrogen and oxygen atoms in total. The van der Waals surface area contributed by atoms with Crippen molar-refractivity contribution in [2.45, 2.75) is 52.9 Å². The largest absolute Gasteiger partial charge is 0.373 e. The van der Waals surface area contributed by atoms with Gasteiger partial charge in [0, 0.05) is 37.1 Å². The number of carbonyl (C=O) groups is 1.